The van der Waals surface area contributed by atoms with Gasteiger partial charge in [-0.3, -0.25) is 4.79 Å². The number of nitrogens with zero attached hydrogens (tertiary/aromatic N) is 1. The molecule has 4 nitrogen and oxygen atoms in total. The Balaban J connectivity index is 2.14. The number of ether oxygens (including phenoxy) is 1. The fourth-order valence-corrected chi connectivity index (χ4v) is 3.13. The van der Waals surface area contributed by atoms with Crippen LogP contribution in [0.25, 0.3) is 0 Å². The van der Waals surface area contributed by atoms with Gasteiger partial charge in [0.25, 0.3) is 0 Å². The van der Waals surface area contributed by atoms with Gasteiger partial charge in [0.15, 0.2) is 0 Å². The number of aryl methyl sites for hydroxylation is 1. The first-order valence-corrected chi connectivity index (χ1v) is 8.97. The molecular formula is C22H29NO3. The Morgan fingerprint density at radius 1 is 1.12 bits per heavy atom. The molecule has 1 amide bonds. The van der Waals surface area contributed by atoms with Crippen LogP contribution in [0.3, 0.4) is 0 Å². The van der Waals surface area contributed by atoms with Crippen LogP contribution < -0.4 is 4.74 Å². The van der Waals surface area contributed by atoms with Crippen molar-refractivity contribution in [3.05, 3.63) is 65.2 Å². The highest BCUT2D eigenvalue weighted by Crippen LogP contribution is 2.28. The summed E-state index contributed by atoms with van der Waals surface area (Å²) in [7, 11) is 3.34. The first-order chi connectivity index (χ1) is 12.3. The Labute approximate surface area is 156 Å². The maximum absolute atomic E-state index is 13.1. The zero-order chi connectivity index (χ0) is 19.3. The third-order valence-electron chi connectivity index (χ3n) is 4.67. The van der Waals surface area contributed by atoms with Crippen LogP contribution in [0, 0.1) is 12.8 Å². The van der Waals surface area contributed by atoms with Gasteiger partial charge in [0, 0.05) is 7.05 Å². The lowest BCUT2D eigenvalue weighted by Gasteiger charge is -2.28. The van der Waals surface area contributed by atoms with Crippen molar-refractivity contribution in [1.82, 2.24) is 4.90 Å². The number of carbonyl (C=O) groups is 1. The smallest absolute Gasteiger partial charge is 0.230 e. The summed E-state index contributed by atoms with van der Waals surface area (Å²) in [5.74, 6) is 0.653. The SMILES string of the molecule is COc1cccc(C(O)CN(C)C(=O)C(c2ccc(C)cc2)C(C)C)c1. The van der Waals surface area contributed by atoms with Crippen LogP contribution in [0.2, 0.25) is 0 Å². The summed E-state index contributed by atoms with van der Waals surface area (Å²) >= 11 is 0. The molecule has 0 fully saturated rings. The van der Waals surface area contributed by atoms with Crippen molar-refractivity contribution in [2.75, 3.05) is 20.7 Å². The molecule has 2 atom stereocenters. The topological polar surface area (TPSA) is 49.8 Å². The van der Waals surface area contributed by atoms with Gasteiger partial charge in [-0.05, 0) is 36.1 Å². The summed E-state index contributed by atoms with van der Waals surface area (Å²) in [5.41, 5.74) is 2.92. The molecule has 0 aromatic heterocycles. The molecule has 2 unspecified atom stereocenters. The number of benzene rings is 2. The van der Waals surface area contributed by atoms with E-state index in [4.69, 9.17) is 4.74 Å². The van der Waals surface area contributed by atoms with Crippen molar-refractivity contribution in [3.8, 4) is 5.75 Å². The van der Waals surface area contributed by atoms with Crippen LogP contribution in [-0.2, 0) is 4.79 Å². The van der Waals surface area contributed by atoms with E-state index < -0.39 is 6.10 Å². The minimum atomic E-state index is -0.759. The van der Waals surface area contributed by atoms with E-state index in [1.165, 1.54) is 5.56 Å². The molecule has 4 heteroatoms. The van der Waals surface area contributed by atoms with Crippen molar-refractivity contribution in [2.45, 2.75) is 32.8 Å². The molecular weight excluding hydrogens is 326 g/mol. The standard InChI is InChI=1S/C22H29NO3/c1-15(2)21(17-11-9-16(3)10-12-17)22(25)23(4)14-20(24)18-7-6-8-19(13-18)26-5/h6-13,15,20-21,24H,14H2,1-5H3. The number of aliphatic hydroxyl groups is 1. The number of amides is 1. The van der Waals surface area contributed by atoms with Gasteiger partial charge in [0.1, 0.15) is 5.75 Å². The lowest BCUT2D eigenvalue weighted by Crippen LogP contribution is -2.36. The molecule has 2 aromatic rings. The van der Waals surface area contributed by atoms with Gasteiger partial charge in [0.05, 0.1) is 25.7 Å². The van der Waals surface area contributed by atoms with Gasteiger partial charge in [-0.25, -0.2) is 0 Å². The molecule has 0 saturated carbocycles. The maximum atomic E-state index is 13.1. The minimum absolute atomic E-state index is 0.0193. The number of hydrogen-bond donors (Lipinski definition) is 1. The Morgan fingerprint density at radius 2 is 1.77 bits per heavy atom. The second-order valence-corrected chi connectivity index (χ2v) is 7.14. The lowest BCUT2D eigenvalue weighted by molar-refractivity contribution is -0.133. The van der Waals surface area contributed by atoms with Gasteiger partial charge >= 0.3 is 0 Å². The van der Waals surface area contributed by atoms with E-state index in [9.17, 15) is 9.90 Å². The van der Waals surface area contributed by atoms with Crippen LogP contribution >= 0.6 is 0 Å². The van der Waals surface area contributed by atoms with Gasteiger partial charge < -0.3 is 14.7 Å². The highest BCUT2D eigenvalue weighted by molar-refractivity contribution is 5.84. The predicted octanol–water partition coefficient (Wildman–Crippen LogP) is 3.94. The zero-order valence-corrected chi connectivity index (χ0v) is 16.3. The number of rotatable bonds is 7. The van der Waals surface area contributed by atoms with Crippen molar-refractivity contribution in [3.63, 3.8) is 0 Å². The highest BCUT2D eigenvalue weighted by atomic mass is 16.5. The molecule has 1 N–H and O–H groups in total. The number of methoxy groups -OCH3 is 1. The molecule has 0 aliphatic heterocycles. The fourth-order valence-electron chi connectivity index (χ4n) is 3.13. The van der Waals surface area contributed by atoms with E-state index in [0.717, 1.165) is 11.1 Å². The van der Waals surface area contributed by atoms with Crippen molar-refractivity contribution >= 4 is 5.91 Å². The first kappa shape index (κ1) is 20.0. The van der Waals surface area contributed by atoms with E-state index in [1.807, 2.05) is 49.4 Å². The molecule has 2 rings (SSSR count). The van der Waals surface area contributed by atoms with Crippen LogP contribution in [0.15, 0.2) is 48.5 Å². The number of aliphatic hydroxyl groups excluding tert-OH is 1. The van der Waals surface area contributed by atoms with Crippen molar-refractivity contribution in [2.24, 2.45) is 5.92 Å². The summed E-state index contributed by atoms with van der Waals surface area (Å²) in [6.45, 7) is 6.37. The van der Waals surface area contributed by atoms with Gasteiger partial charge in [-0.15, -0.1) is 0 Å². The summed E-state index contributed by atoms with van der Waals surface area (Å²) in [6, 6.07) is 15.4. The van der Waals surface area contributed by atoms with E-state index in [2.05, 4.69) is 13.8 Å². The molecule has 0 radical (unpaired) electrons. The normalized spacial score (nSPS) is 13.3. The monoisotopic (exact) mass is 355 g/mol. The Morgan fingerprint density at radius 3 is 2.35 bits per heavy atom. The quantitative estimate of drug-likeness (QED) is 0.818. The molecule has 0 spiro atoms. The van der Waals surface area contributed by atoms with Crippen LogP contribution in [0.4, 0.5) is 0 Å². The lowest BCUT2D eigenvalue weighted by atomic mass is 9.86. The highest BCUT2D eigenvalue weighted by Gasteiger charge is 2.28. The summed E-state index contributed by atoms with van der Waals surface area (Å²) in [5, 5.41) is 10.5. The molecule has 0 heterocycles. The average molecular weight is 355 g/mol. The van der Waals surface area contributed by atoms with Gasteiger partial charge in [0.2, 0.25) is 5.91 Å². The number of likely N-dealkylation sites (N-methyl/N-ethyl adjacent to an activating group) is 1. The Hall–Kier alpha value is -2.33. The van der Waals surface area contributed by atoms with Gasteiger partial charge in [-0.2, -0.15) is 0 Å². The third kappa shape index (κ3) is 4.85. The summed E-state index contributed by atoms with van der Waals surface area (Å²) in [6.07, 6.45) is -0.759. The average Bonchev–Trinajstić information content (AvgIpc) is 2.63. The molecule has 0 bridgehead atoms. The minimum Gasteiger partial charge on any atom is -0.497 e. The van der Waals surface area contributed by atoms with Crippen molar-refractivity contribution in [1.29, 1.82) is 0 Å². The maximum Gasteiger partial charge on any atom is 0.230 e. The fraction of sp³-hybridized carbons (Fsp3) is 0.409. The van der Waals surface area contributed by atoms with E-state index in [1.54, 1.807) is 25.1 Å². The van der Waals surface area contributed by atoms with E-state index in [0.29, 0.717) is 5.75 Å². The molecule has 2 aromatic carbocycles. The summed E-state index contributed by atoms with van der Waals surface area (Å²) in [4.78, 5) is 14.7. The first-order valence-electron chi connectivity index (χ1n) is 8.97. The van der Waals surface area contributed by atoms with E-state index in [-0.39, 0.29) is 24.3 Å². The molecule has 0 aliphatic carbocycles. The number of hydrogen-bond acceptors (Lipinski definition) is 3. The molecule has 26 heavy (non-hydrogen) atoms. The second-order valence-electron chi connectivity index (χ2n) is 7.14. The third-order valence-corrected chi connectivity index (χ3v) is 4.67. The van der Waals surface area contributed by atoms with Crippen LogP contribution in [-0.4, -0.2) is 36.6 Å². The van der Waals surface area contributed by atoms with E-state index >= 15 is 0 Å². The molecule has 140 valence electrons. The predicted molar refractivity (Wildman–Crippen MR) is 104 cm³/mol. The van der Waals surface area contributed by atoms with Crippen LogP contribution in [0.5, 0.6) is 5.75 Å². The van der Waals surface area contributed by atoms with Crippen molar-refractivity contribution < 1.29 is 14.6 Å². The summed E-state index contributed by atoms with van der Waals surface area (Å²) < 4.78 is 5.20. The zero-order valence-electron chi connectivity index (χ0n) is 16.3. The van der Waals surface area contributed by atoms with Crippen LogP contribution in [0.1, 0.15) is 42.6 Å². The molecule has 0 saturated heterocycles. The second kappa shape index (κ2) is 8.86. The Bertz CT molecular complexity index is 724. The number of carbonyl (C=O) groups excluding carboxylic acids is 1. The Kier molecular flexibility index (Phi) is 6.81. The largest absolute Gasteiger partial charge is 0.497 e. The molecule has 0 aliphatic rings. The van der Waals surface area contributed by atoms with Gasteiger partial charge in [-0.1, -0.05) is 55.8 Å².